The van der Waals surface area contributed by atoms with E-state index in [0.29, 0.717) is 0 Å². The Labute approximate surface area is 78.9 Å². The number of hydrogen-bond acceptors (Lipinski definition) is 4. The first-order valence-corrected chi connectivity index (χ1v) is 4.75. The number of nitrogens with one attached hydrogen (secondary N) is 1. The van der Waals surface area contributed by atoms with Gasteiger partial charge in [-0.2, -0.15) is 0 Å². The normalized spacial score (nSPS) is 24.1. The summed E-state index contributed by atoms with van der Waals surface area (Å²) >= 11 is 0. The lowest BCUT2D eigenvalue weighted by Crippen LogP contribution is -2.49. The average Bonchev–Trinajstić information content (AvgIpc) is 2.20. The minimum Gasteiger partial charge on any atom is -0.382 e. The van der Waals surface area contributed by atoms with Crippen LogP contribution in [-0.2, 0) is 0 Å². The zero-order chi connectivity index (χ0) is 9.10. The number of hydrogen-bond donors (Lipinski definition) is 1. The third kappa shape index (κ3) is 2.01. The predicted octanol–water partition coefficient (Wildman–Crippen LogP) is -0.293. The molecule has 2 aliphatic rings. The van der Waals surface area contributed by atoms with Gasteiger partial charge in [-0.15, -0.1) is 0 Å². The molecular formula is C9H16N4. The van der Waals surface area contributed by atoms with E-state index in [2.05, 4.69) is 27.2 Å². The molecule has 0 aromatic carbocycles. The van der Waals surface area contributed by atoms with Gasteiger partial charge in [0.15, 0.2) is 0 Å². The Kier molecular flexibility index (Phi) is 2.49. The van der Waals surface area contributed by atoms with Crippen LogP contribution in [0, 0.1) is 0 Å². The van der Waals surface area contributed by atoms with Crippen molar-refractivity contribution in [3.05, 3.63) is 12.4 Å². The summed E-state index contributed by atoms with van der Waals surface area (Å²) in [6, 6.07) is 0. The van der Waals surface area contributed by atoms with E-state index in [1.165, 1.54) is 5.84 Å². The lowest BCUT2D eigenvalue weighted by molar-refractivity contribution is 0.213. The molecule has 0 unspecified atom stereocenters. The molecule has 0 atom stereocenters. The van der Waals surface area contributed by atoms with Gasteiger partial charge in [-0.25, -0.2) is 4.99 Å². The minimum atomic E-state index is 0.875. The van der Waals surface area contributed by atoms with Gasteiger partial charge >= 0.3 is 0 Å². The maximum absolute atomic E-state index is 4.36. The van der Waals surface area contributed by atoms with E-state index in [9.17, 15) is 0 Å². The lowest BCUT2D eigenvalue weighted by atomic mass is 10.3. The van der Waals surface area contributed by atoms with Crippen molar-refractivity contribution in [2.75, 3.05) is 39.8 Å². The Balaban J connectivity index is 1.93. The number of rotatable bonds is 0. The summed E-state index contributed by atoms with van der Waals surface area (Å²) in [7, 11) is 2.16. The molecule has 1 N–H and O–H groups in total. The topological polar surface area (TPSA) is 30.9 Å². The van der Waals surface area contributed by atoms with E-state index in [1.807, 2.05) is 12.4 Å². The van der Waals surface area contributed by atoms with E-state index in [1.54, 1.807) is 0 Å². The second kappa shape index (κ2) is 3.79. The van der Waals surface area contributed by atoms with Gasteiger partial charge < -0.3 is 15.1 Å². The number of piperazine rings is 1. The van der Waals surface area contributed by atoms with Crippen LogP contribution in [0.1, 0.15) is 0 Å². The Bertz CT molecular complexity index is 226. The molecule has 4 heteroatoms. The monoisotopic (exact) mass is 180 g/mol. The van der Waals surface area contributed by atoms with E-state index in [0.717, 1.165) is 32.7 Å². The Hall–Kier alpha value is -1.03. The molecule has 0 radical (unpaired) electrons. The molecule has 72 valence electrons. The molecule has 0 amide bonds. The van der Waals surface area contributed by atoms with E-state index in [-0.39, 0.29) is 0 Å². The van der Waals surface area contributed by atoms with E-state index >= 15 is 0 Å². The van der Waals surface area contributed by atoms with Gasteiger partial charge in [0, 0.05) is 38.6 Å². The average molecular weight is 180 g/mol. The summed E-state index contributed by atoms with van der Waals surface area (Å²) in [5.41, 5.74) is 0. The predicted molar refractivity (Wildman–Crippen MR) is 53.6 cm³/mol. The highest BCUT2D eigenvalue weighted by molar-refractivity contribution is 5.85. The molecule has 0 bridgehead atoms. The van der Waals surface area contributed by atoms with Crippen molar-refractivity contribution in [2.24, 2.45) is 4.99 Å². The molecule has 1 fully saturated rings. The molecule has 4 nitrogen and oxygen atoms in total. The first-order valence-electron chi connectivity index (χ1n) is 4.75. The SMILES string of the molecule is CN1CCN(C2=NC=CNC2)CC1. The van der Waals surface area contributed by atoms with Crippen LogP contribution in [0.25, 0.3) is 0 Å². The molecule has 0 aliphatic carbocycles. The zero-order valence-corrected chi connectivity index (χ0v) is 8.03. The molecular weight excluding hydrogens is 164 g/mol. The van der Waals surface area contributed by atoms with Crippen LogP contribution in [-0.4, -0.2) is 55.4 Å². The third-order valence-electron chi connectivity index (χ3n) is 2.54. The highest BCUT2D eigenvalue weighted by atomic mass is 15.3. The molecule has 0 aromatic rings. The highest BCUT2D eigenvalue weighted by Gasteiger charge is 2.17. The van der Waals surface area contributed by atoms with Crippen LogP contribution in [0.5, 0.6) is 0 Å². The van der Waals surface area contributed by atoms with Crippen LogP contribution < -0.4 is 5.32 Å². The summed E-state index contributed by atoms with van der Waals surface area (Å²) in [4.78, 5) is 9.07. The summed E-state index contributed by atoms with van der Waals surface area (Å²) in [6.45, 7) is 5.36. The fourth-order valence-corrected chi connectivity index (χ4v) is 1.63. The number of amidine groups is 1. The van der Waals surface area contributed by atoms with Gasteiger partial charge in [0.2, 0.25) is 0 Å². The van der Waals surface area contributed by atoms with Gasteiger partial charge in [0.25, 0.3) is 0 Å². The quantitative estimate of drug-likeness (QED) is 0.555. The maximum Gasteiger partial charge on any atom is 0.124 e. The van der Waals surface area contributed by atoms with Crippen LogP contribution in [0.3, 0.4) is 0 Å². The molecule has 2 rings (SSSR count). The molecule has 1 saturated heterocycles. The molecule has 0 aromatic heterocycles. The van der Waals surface area contributed by atoms with Crippen molar-refractivity contribution in [3.63, 3.8) is 0 Å². The van der Waals surface area contributed by atoms with Crippen LogP contribution in [0.15, 0.2) is 17.4 Å². The van der Waals surface area contributed by atoms with Gasteiger partial charge in [0.05, 0.1) is 6.54 Å². The van der Waals surface area contributed by atoms with Crippen molar-refractivity contribution in [1.82, 2.24) is 15.1 Å². The van der Waals surface area contributed by atoms with Gasteiger partial charge in [0.1, 0.15) is 5.84 Å². The van der Waals surface area contributed by atoms with E-state index < -0.39 is 0 Å². The third-order valence-corrected chi connectivity index (χ3v) is 2.54. The summed E-state index contributed by atoms with van der Waals surface area (Å²) < 4.78 is 0. The van der Waals surface area contributed by atoms with Crippen LogP contribution in [0.2, 0.25) is 0 Å². The fraction of sp³-hybridized carbons (Fsp3) is 0.667. The van der Waals surface area contributed by atoms with E-state index in [4.69, 9.17) is 0 Å². The molecule has 2 heterocycles. The fourth-order valence-electron chi connectivity index (χ4n) is 1.63. The van der Waals surface area contributed by atoms with Crippen molar-refractivity contribution in [1.29, 1.82) is 0 Å². The molecule has 0 saturated carbocycles. The Morgan fingerprint density at radius 1 is 1.31 bits per heavy atom. The molecule has 0 spiro atoms. The van der Waals surface area contributed by atoms with Gasteiger partial charge in [-0.3, -0.25) is 0 Å². The molecule has 2 aliphatic heterocycles. The second-order valence-electron chi connectivity index (χ2n) is 3.53. The van der Waals surface area contributed by atoms with Crippen molar-refractivity contribution < 1.29 is 0 Å². The van der Waals surface area contributed by atoms with Crippen molar-refractivity contribution in [2.45, 2.75) is 0 Å². The molecule has 13 heavy (non-hydrogen) atoms. The largest absolute Gasteiger partial charge is 0.382 e. The summed E-state index contributed by atoms with van der Waals surface area (Å²) in [5, 5.41) is 3.18. The highest BCUT2D eigenvalue weighted by Crippen LogP contribution is 2.02. The lowest BCUT2D eigenvalue weighted by Gasteiger charge is -2.35. The first-order chi connectivity index (χ1) is 6.36. The number of aliphatic imine (C=N–C) groups is 1. The second-order valence-corrected chi connectivity index (χ2v) is 3.53. The summed E-state index contributed by atoms with van der Waals surface area (Å²) in [6.07, 6.45) is 3.72. The Morgan fingerprint density at radius 3 is 2.69 bits per heavy atom. The van der Waals surface area contributed by atoms with Gasteiger partial charge in [-0.05, 0) is 7.05 Å². The standard InChI is InChI=1S/C9H16N4/c1-12-4-6-13(7-5-12)9-8-10-2-3-11-9/h2-3,10H,4-8H2,1H3. The smallest absolute Gasteiger partial charge is 0.124 e. The number of nitrogens with zero attached hydrogens (tertiary/aromatic N) is 3. The minimum absolute atomic E-state index is 0.875. The van der Waals surface area contributed by atoms with Gasteiger partial charge in [-0.1, -0.05) is 0 Å². The maximum atomic E-state index is 4.36. The summed E-state index contributed by atoms with van der Waals surface area (Å²) in [5.74, 6) is 1.18. The van der Waals surface area contributed by atoms with Crippen LogP contribution >= 0.6 is 0 Å². The number of likely N-dealkylation sites (N-methyl/N-ethyl adjacent to an activating group) is 1. The zero-order valence-electron chi connectivity index (χ0n) is 8.03. The van der Waals surface area contributed by atoms with Crippen molar-refractivity contribution >= 4 is 5.84 Å². The first kappa shape index (κ1) is 8.56. The van der Waals surface area contributed by atoms with Crippen LogP contribution in [0.4, 0.5) is 0 Å². The van der Waals surface area contributed by atoms with Crippen molar-refractivity contribution in [3.8, 4) is 0 Å². The Morgan fingerprint density at radius 2 is 2.08 bits per heavy atom.